The predicted octanol–water partition coefficient (Wildman–Crippen LogP) is 2.05. The van der Waals surface area contributed by atoms with Crippen molar-refractivity contribution in [1.82, 2.24) is 20.2 Å². The van der Waals surface area contributed by atoms with Crippen LogP contribution in [0.25, 0.3) is 17.1 Å². The maximum Gasteiger partial charge on any atom is 0.187 e. The van der Waals surface area contributed by atoms with Gasteiger partial charge in [-0.05, 0) is 46.8 Å². The van der Waals surface area contributed by atoms with Crippen molar-refractivity contribution in [2.24, 2.45) is 0 Å². The molecule has 0 fully saturated rings. The number of nitrogens with two attached hydrogens (primary N) is 1. The van der Waals surface area contributed by atoms with Crippen LogP contribution in [-0.2, 0) is 0 Å². The van der Waals surface area contributed by atoms with Gasteiger partial charge in [-0.15, -0.1) is 5.10 Å². The molecule has 0 atom stereocenters. The number of hydrogen-bond donors (Lipinski definition) is 1. The highest BCUT2D eigenvalue weighted by atomic mass is 19.1. The molecule has 2 N–H and O–H groups in total. The largest absolute Gasteiger partial charge is 0.399 e. The lowest BCUT2D eigenvalue weighted by atomic mass is 10.2. The second-order valence-electron chi connectivity index (χ2n) is 4.02. The van der Waals surface area contributed by atoms with Gasteiger partial charge >= 0.3 is 0 Å². The van der Waals surface area contributed by atoms with Crippen LogP contribution in [0.4, 0.5) is 10.1 Å². The molecule has 0 radical (unpaired) electrons. The zero-order valence-corrected chi connectivity index (χ0v) is 9.86. The average molecular weight is 255 g/mol. The lowest BCUT2D eigenvalue weighted by Gasteiger charge is -2.05. The molecule has 0 bridgehead atoms. The van der Waals surface area contributed by atoms with Crippen LogP contribution in [0.3, 0.4) is 0 Å². The minimum absolute atomic E-state index is 0.303. The van der Waals surface area contributed by atoms with Crippen molar-refractivity contribution in [2.75, 3.05) is 5.73 Å². The Kier molecular flexibility index (Phi) is 2.68. The number of halogens is 1. The zero-order chi connectivity index (χ0) is 13.2. The number of nitrogens with zero attached hydrogens (tertiary/aromatic N) is 4. The molecule has 19 heavy (non-hydrogen) atoms. The van der Waals surface area contributed by atoms with Crippen molar-refractivity contribution in [2.45, 2.75) is 0 Å². The van der Waals surface area contributed by atoms with Gasteiger partial charge in [0.2, 0.25) is 0 Å². The lowest BCUT2D eigenvalue weighted by molar-refractivity contribution is 0.627. The van der Waals surface area contributed by atoms with Crippen molar-refractivity contribution < 1.29 is 4.39 Å². The first-order valence-corrected chi connectivity index (χ1v) is 5.64. The molecule has 3 rings (SSSR count). The Morgan fingerprint density at radius 2 is 1.84 bits per heavy atom. The highest BCUT2D eigenvalue weighted by Crippen LogP contribution is 2.21. The molecular weight excluding hydrogens is 245 g/mol. The Morgan fingerprint density at radius 3 is 2.58 bits per heavy atom. The maximum absolute atomic E-state index is 12.9. The van der Waals surface area contributed by atoms with Gasteiger partial charge in [0, 0.05) is 11.3 Å². The first kappa shape index (κ1) is 11.3. The smallest absolute Gasteiger partial charge is 0.187 e. The van der Waals surface area contributed by atoms with E-state index in [4.69, 9.17) is 5.73 Å². The topological polar surface area (TPSA) is 69.6 Å². The molecule has 3 aromatic rings. The van der Waals surface area contributed by atoms with Crippen LogP contribution < -0.4 is 5.73 Å². The van der Waals surface area contributed by atoms with Crippen molar-refractivity contribution in [1.29, 1.82) is 0 Å². The van der Waals surface area contributed by atoms with E-state index in [1.165, 1.54) is 16.8 Å². The van der Waals surface area contributed by atoms with Crippen LogP contribution in [0, 0.1) is 5.82 Å². The third-order valence-electron chi connectivity index (χ3n) is 2.69. The van der Waals surface area contributed by atoms with E-state index in [2.05, 4.69) is 15.5 Å². The van der Waals surface area contributed by atoms with E-state index in [-0.39, 0.29) is 5.82 Å². The van der Waals surface area contributed by atoms with E-state index in [9.17, 15) is 4.39 Å². The molecule has 0 saturated heterocycles. The Morgan fingerprint density at radius 1 is 1.05 bits per heavy atom. The number of nitrogen functional groups attached to an aromatic ring is 1. The molecule has 2 aromatic carbocycles. The van der Waals surface area contributed by atoms with Gasteiger partial charge in [-0.25, -0.2) is 4.39 Å². The molecule has 0 saturated carbocycles. The summed E-state index contributed by atoms with van der Waals surface area (Å²) < 4.78 is 14.5. The second kappa shape index (κ2) is 4.49. The van der Waals surface area contributed by atoms with Crippen molar-refractivity contribution in [3.05, 3.63) is 54.3 Å². The summed E-state index contributed by atoms with van der Waals surface area (Å²) in [5.74, 6) is 0.251. The second-order valence-corrected chi connectivity index (χ2v) is 4.02. The number of rotatable bonds is 2. The molecule has 0 aliphatic rings. The van der Waals surface area contributed by atoms with E-state index in [1.54, 1.807) is 24.3 Å². The monoisotopic (exact) mass is 255 g/mol. The summed E-state index contributed by atoms with van der Waals surface area (Å²) in [6, 6.07) is 13.2. The van der Waals surface area contributed by atoms with E-state index in [1.807, 2.05) is 12.1 Å². The quantitative estimate of drug-likeness (QED) is 0.711. The Bertz CT molecular complexity index is 705. The van der Waals surface area contributed by atoms with E-state index in [0.29, 0.717) is 17.2 Å². The van der Waals surface area contributed by atoms with Gasteiger partial charge in [0.25, 0.3) is 0 Å². The summed E-state index contributed by atoms with van der Waals surface area (Å²) in [5, 5.41) is 11.5. The van der Waals surface area contributed by atoms with Crippen LogP contribution in [0.1, 0.15) is 0 Å². The Hall–Kier alpha value is -2.76. The maximum atomic E-state index is 12.9. The molecule has 6 heteroatoms. The molecule has 0 aliphatic heterocycles. The summed E-state index contributed by atoms with van der Waals surface area (Å²) in [5.41, 5.74) is 7.86. The fourth-order valence-corrected chi connectivity index (χ4v) is 1.80. The summed E-state index contributed by atoms with van der Waals surface area (Å²) in [7, 11) is 0. The van der Waals surface area contributed by atoms with Gasteiger partial charge in [-0.2, -0.15) is 4.68 Å². The highest BCUT2D eigenvalue weighted by molar-refractivity contribution is 5.62. The molecule has 0 spiro atoms. The Labute approximate surface area is 108 Å². The molecular formula is C13H10FN5. The molecule has 0 unspecified atom stereocenters. The van der Waals surface area contributed by atoms with Crippen LogP contribution in [-0.4, -0.2) is 20.2 Å². The van der Waals surface area contributed by atoms with Gasteiger partial charge in [0.05, 0.1) is 5.69 Å². The van der Waals surface area contributed by atoms with E-state index < -0.39 is 0 Å². The van der Waals surface area contributed by atoms with Crippen molar-refractivity contribution in [3.8, 4) is 17.1 Å². The normalized spacial score (nSPS) is 10.6. The minimum Gasteiger partial charge on any atom is -0.399 e. The number of benzene rings is 2. The summed E-state index contributed by atoms with van der Waals surface area (Å²) in [4.78, 5) is 0. The Balaban J connectivity index is 2.10. The van der Waals surface area contributed by atoms with Crippen molar-refractivity contribution >= 4 is 5.69 Å². The standard InChI is InChI=1S/C13H10FN5/c14-10-4-6-12(7-5-10)19-13(16-17-18-19)9-2-1-3-11(15)8-9/h1-8H,15H2. The third kappa shape index (κ3) is 2.15. The van der Waals surface area contributed by atoms with Gasteiger partial charge in [0.15, 0.2) is 5.82 Å². The molecule has 1 aromatic heterocycles. The molecule has 0 aliphatic carbocycles. The summed E-state index contributed by atoms with van der Waals surface area (Å²) in [6.45, 7) is 0. The van der Waals surface area contributed by atoms with Crippen LogP contribution in [0.15, 0.2) is 48.5 Å². The highest BCUT2D eigenvalue weighted by Gasteiger charge is 2.10. The first-order valence-electron chi connectivity index (χ1n) is 5.64. The van der Waals surface area contributed by atoms with Crippen LogP contribution >= 0.6 is 0 Å². The van der Waals surface area contributed by atoms with Gasteiger partial charge in [-0.1, -0.05) is 12.1 Å². The summed E-state index contributed by atoms with van der Waals surface area (Å²) in [6.07, 6.45) is 0. The van der Waals surface area contributed by atoms with Crippen LogP contribution in [0.2, 0.25) is 0 Å². The number of anilines is 1. The number of aromatic nitrogens is 4. The van der Waals surface area contributed by atoms with E-state index >= 15 is 0 Å². The third-order valence-corrected chi connectivity index (χ3v) is 2.69. The SMILES string of the molecule is Nc1cccc(-c2nnnn2-c2ccc(F)cc2)c1. The minimum atomic E-state index is -0.303. The average Bonchev–Trinajstić information content (AvgIpc) is 2.89. The van der Waals surface area contributed by atoms with Gasteiger partial charge in [0.1, 0.15) is 5.82 Å². The number of tetrazole rings is 1. The zero-order valence-electron chi connectivity index (χ0n) is 9.86. The lowest BCUT2D eigenvalue weighted by Crippen LogP contribution is -2.00. The van der Waals surface area contributed by atoms with E-state index in [0.717, 1.165) is 5.56 Å². The van der Waals surface area contributed by atoms with Crippen molar-refractivity contribution in [3.63, 3.8) is 0 Å². The fraction of sp³-hybridized carbons (Fsp3) is 0. The molecule has 94 valence electrons. The van der Waals surface area contributed by atoms with Crippen LogP contribution in [0.5, 0.6) is 0 Å². The molecule has 1 heterocycles. The molecule has 0 amide bonds. The molecule has 5 nitrogen and oxygen atoms in total. The summed E-state index contributed by atoms with van der Waals surface area (Å²) >= 11 is 0. The first-order chi connectivity index (χ1) is 9.24. The number of hydrogen-bond acceptors (Lipinski definition) is 4. The van der Waals surface area contributed by atoms with Gasteiger partial charge in [-0.3, -0.25) is 0 Å². The van der Waals surface area contributed by atoms with Gasteiger partial charge < -0.3 is 5.73 Å². The predicted molar refractivity (Wildman–Crippen MR) is 69.0 cm³/mol. The fourth-order valence-electron chi connectivity index (χ4n) is 1.80.